The molecule has 1 aromatic carbocycles. The van der Waals surface area contributed by atoms with Crippen LogP contribution in [0.25, 0.3) is 0 Å². The number of nitrogens with one attached hydrogen (secondary N) is 1. The lowest BCUT2D eigenvalue weighted by Crippen LogP contribution is -2.42. The molecule has 18 heavy (non-hydrogen) atoms. The highest BCUT2D eigenvalue weighted by atomic mass is 16.7. The lowest BCUT2D eigenvalue weighted by atomic mass is 10.0. The first-order valence-corrected chi connectivity index (χ1v) is 6.63. The molecule has 1 N–H and O–H groups in total. The van der Waals surface area contributed by atoms with Crippen LogP contribution >= 0.6 is 0 Å². The summed E-state index contributed by atoms with van der Waals surface area (Å²) in [5, 5.41) is 3.65. The molecule has 0 radical (unpaired) electrons. The summed E-state index contributed by atoms with van der Waals surface area (Å²) < 4.78 is 10.6. The van der Waals surface area contributed by atoms with Crippen LogP contribution in [0.15, 0.2) is 30.3 Å². The van der Waals surface area contributed by atoms with E-state index < -0.39 is 0 Å². The van der Waals surface area contributed by atoms with Gasteiger partial charge in [0.25, 0.3) is 0 Å². The second kappa shape index (κ2) is 6.32. The third-order valence-electron chi connectivity index (χ3n) is 3.57. The molecule has 0 aromatic heterocycles. The Kier molecular flexibility index (Phi) is 4.75. The molecule has 2 unspecified atom stereocenters. The summed E-state index contributed by atoms with van der Waals surface area (Å²) in [5.41, 5.74) is 1.36. The fraction of sp³-hybridized carbons (Fsp3) is 0.600. The van der Waals surface area contributed by atoms with E-state index in [1.54, 1.807) is 14.2 Å². The second-order valence-electron chi connectivity index (χ2n) is 5.02. The van der Waals surface area contributed by atoms with E-state index in [1.165, 1.54) is 18.4 Å². The van der Waals surface area contributed by atoms with Crippen LogP contribution in [0.5, 0.6) is 0 Å². The summed E-state index contributed by atoms with van der Waals surface area (Å²) in [4.78, 5) is 0. The molecule has 2 atom stereocenters. The van der Waals surface area contributed by atoms with Crippen molar-refractivity contribution in [2.45, 2.75) is 38.1 Å². The molecule has 0 aliphatic heterocycles. The molecule has 0 heterocycles. The van der Waals surface area contributed by atoms with E-state index in [1.807, 2.05) is 0 Å². The summed E-state index contributed by atoms with van der Waals surface area (Å²) in [6.45, 7) is 2.11. The zero-order valence-electron chi connectivity index (χ0n) is 11.4. The van der Waals surface area contributed by atoms with Crippen molar-refractivity contribution >= 4 is 0 Å². The Morgan fingerprint density at radius 2 is 1.72 bits per heavy atom. The van der Waals surface area contributed by atoms with Gasteiger partial charge in [0, 0.05) is 20.3 Å². The van der Waals surface area contributed by atoms with E-state index in [0.29, 0.717) is 6.04 Å². The van der Waals surface area contributed by atoms with Crippen LogP contribution in [0, 0.1) is 5.92 Å². The zero-order chi connectivity index (χ0) is 13.0. The van der Waals surface area contributed by atoms with Crippen molar-refractivity contribution in [3.05, 3.63) is 35.9 Å². The van der Waals surface area contributed by atoms with E-state index >= 15 is 0 Å². The molecule has 3 nitrogen and oxygen atoms in total. The Hall–Kier alpha value is -0.900. The second-order valence-corrected chi connectivity index (χ2v) is 5.02. The molecule has 0 saturated heterocycles. The first-order chi connectivity index (χ1) is 8.76. The van der Waals surface area contributed by atoms with Crippen molar-refractivity contribution in [2.24, 2.45) is 5.92 Å². The topological polar surface area (TPSA) is 30.5 Å². The Morgan fingerprint density at radius 3 is 2.22 bits per heavy atom. The Balaban J connectivity index is 2.03. The molecule has 3 heteroatoms. The first kappa shape index (κ1) is 13.5. The van der Waals surface area contributed by atoms with Gasteiger partial charge in [0.2, 0.25) is 0 Å². The van der Waals surface area contributed by atoms with Crippen LogP contribution in [0.4, 0.5) is 0 Å². The van der Waals surface area contributed by atoms with Gasteiger partial charge in [-0.3, -0.25) is 0 Å². The molecule has 1 aliphatic rings. The Labute approximate surface area is 109 Å². The summed E-state index contributed by atoms with van der Waals surface area (Å²) in [6, 6.07) is 11.2. The highest BCUT2D eigenvalue weighted by Crippen LogP contribution is 2.41. The quantitative estimate of drug-likeness (QED) is 0.754. The van der Waals surface area contributed by atoms with E-state index in [-0.39, 0.29) is 12.3 Å². The maximum atomic E-state index is 5.31. The molecular weight excluding hydrogens is 226 g/mol. The smallest absolute Gasteiger partial charge is 0.171 e. The van der Waals surface area contributed by atoms with Gasteiger partial charge in [-0.25, -0.2) is 0 Å². The lowest BCUT2D eigenvalue weighted by molar-refractivity contribution is -0.121. The molecule has 1 saturated carbocycles. The predicted molar refractivity (Wildman–Crippen MR) is 72.3 cm³/mol. The maximum Gasteiger partial charge on any atom is 0.171 e. The van der Waals surface area contributed by atoms with Crippen molar-refractivity contribution in [1.29, 1.82) is 0 Å². The van der Waals surface area contributed by atoms with Crippen LogP contribution in [0.2, 0.25) is 0 Å². The largest absolute Gasteiger partial charge is 0.354 e. The van der Waals surface area contributed by atoms with E-state index in [2.05, 4.69) is 42.6 Å². The van der Waals surface area contributed by atoms with Crippen LogP contribution in [0.1, 0.15) is 31.4 Å². The summed E-state index contributed by atoms with van der Waals surface area (Å²) in [6.07, 6.45) is 2.42. The average molecular weight is 249 g/mol. The van der Waals surface area contributed by atoms with Gasteiger partial charge in [0.05, 0.1) is 6.04 Å². The van der Waals surface area contributed by atoms with E-state index in [9.17, 15) is 0 Å². The minimum absolute atomic E-state index is 0.172. The molecule has 100 valence electrons. The van der Waals surface area contributed by atoms with Crippen molar-refractivity contribution in [3.8, 4) is 0 Å². The normalized spacial score (nSPS) is 18.9. The summed E-state index contributed by atoms with van der Waals surface area (Å²) >= 11 is 0. The number of ether oxygens (including phenoxy) is 2. The molecule has 0 spiro atoms. The minimum Gasteiger partial charge on any atom is -0.354 e. The predicted octanol–water partition coefficient (Wildman–Crippen LogP) is 2.73. The van der Waals surface area contributed by atoms with Gasteiger partial charge in [0.1, 0.15) is 0 Å². The van der Waals surface area contributed by atoms with Crippen molar-refractivity contribution in [2.75, 3.05) is 14.2 Å². The van der Waals surface area contributed by atoms with Crippen molar-refractivity contribution in [3.63, 3.8) is 0 Å². The molecule has 1 aromatic rings. The fourth-order valence-electron chi connectivity index (χ4n) is 2.46. The highest BCUT2D eigenvalue weighted by Gasteiger charge is 2.34. The molecular formula is C15H23NO2. The van der Waals surface area contributed by atoms with Crippen LogP contribution in [0.3, 0.4) is 0 Å². The van der Waals surface area contributed by atoms with Gasteiger partial charge in [-0.05, 0) is 31.2 Å². The fourth-order valence-corrected chi connectivity index (χ4v) is 2.46. The average Bonchev–Trinajstić information content (AvgIpc) is 3.23. The van der Waals surface area contributed by atoms with Gasteiger partial charge in [0.15, 0.2) is 6.29 Å². The number of methoxy groups -OCH3 is 2. The Bertz CT molecular complexity index is 347. The number of hydrogen-bond acceptors (Lipinski definition) is 3. The van der Waals surface area contributed by atoms with Crippen molar-refractivity contribution < 1.29 is 9.47 Å². The highest BCUT2D eigenvalue weighted by molar-refractivity contribution is 5.21. The molecule has 2 rings (SSSR count). The Morgan fingerprint density at radius 1 is 1.11 bits per heavy atom. The standard InChI is InChI=1S/C15H23NO2/c1-11(15(17-2)18-3)16-14(13-9-10-13)12-7-5-4-6-8-12/h4-8,11,13-16H,9-10H2,1-3H3. The van der Waals surface area contributed by atoms with E-state index in [4.69, 9.17) is 9.47 Å². The summed E-state index contributed by atoms with van der Waals surface area (Å²) in [5.74, 6) is 0.754. The van der Waals surface area contributed by atoms with Crippen LogP contribution in [-0.2, 0) is 9.47 Å². The lowest BCUT2D eigenvalue weighted by Gasteiger charge is -2.28. The third kappa shape index (κ3) is 3.31. The first-order valence-electron chi connectivity index (χ1n) is 6.63. The van der Waals surface area contributed by atoms with Crippen LogP contribution in [-0.4, -0.2) is 26.6 Å². The van der Waals surface area contributed by atoms with E-state index in [0.717, 1.165) is 5.92 Å². The van der Waals surface area contributed by atoms with Crippen LogP contribution < -0.4 is 5.32 Å². The molecule has 1 fully saturated rings. The molecule has 0 bridgehead atoms. The minimum atomic E-state index is -0.199. The third-order valence-corrected chi connectivity index (χ3v) is 3.57. The van der Waals surface area contributed by atoms with Gasteiger partial charge in [-0.15, -0.1) is 0 Å². The maximum absolute atomic E-state index is 5.31. The number of hydrogen-bond donors (Lipinski definition) is 1. The molecule has 1 aliphatic carbocycles. The summed E-state index contributed by atoms with van der Waals surface area (Å²) in [7, 11) is 3.36. The van der Waals surface area contributed by atoms with Gasteiger partial charge in [-0.2, -0.15) is 0 Å². The van der Waals surface area contributed by atoms with Gasteiger partial charge in [-0.1, -0.05) is 30.3 Å². The molecule has 0 amide bonds. The monoisotopic (exact) mass is 249 g/mol. The number of benzene rings is 1. The van der Waals surface area contributed by atoms with Gasteiger partial charge < -0.3 is 14.8 Å². The number of rotatable bonds is 7. The van der Waals surface area contributed by atoms with Crippen molar-refractivity contribution in [1.82, 2.24) is 5.32 Å². The van der Waals surface area contributed by atoms with Gasteiger partial charge >= 0.3 is 0 Å². The zero-order valence-corrected chi connectivity index (χ0v) is 11.4. The SMILES string of the molecule is COC(OC)C(C)NC(c1ccccc1)C1CC1.